The Morgan fingerprint density at radius 2 is 1.96 bits per heavy atom. The third-order valence-corrected chi connectivity index (χ3v) is 5.42. The van der Waals surface area contributed by atoms with Crippen LogP contribution in [0, 0.1) is 0 Å². The van der Waals surface area contributed by atoms with Gasteiger partial charge in [-0.25, -0.2) is 0 Å². The molecule has 0 aliphatic heterocycles. The van der Waals surface area contributed by atoms with Crippen molar-refractivity contribution in [3.05, 3.63) is 57.3 Å². The third kappa shape index (κ3) is 5.19. The lowest BCUT2D eigenvalue weighted by molar-refractivity contribution is -0.111. The van der Waals surface area contributed by atoms with E-state index in [0.29, 0.717) is 16.3 Å². The molecule has 2 aromatic rings. The molecule has 0 atom stereocenters. The molecule has 1 aromatic carbocycles. The molecule has 1 saturated carbocycles. The van der Waals surface area contributed by atoms with Gasteiger partial charge in [-0.1, -0.05) is 30.9 Å². The average molecular weight is 389 g/mol. The molecule has 0 spiro atoms. The van der Waals surface area contributed by atoms with Crippen molar-refractivity contribution in [3.63, 3.8) is 0 Å². The van der Waals surface area contributed by atoms with E-state index >= 15 is 0 Å². The molecule has 1 aromatic heterocycles. The SMILES string of the molecule is O=C(/C=C/c1ccsc1)Nc1ccc(Cl)c(C(=O)NC2CCCCC2)c1. The summed E-state index contributed by atoms with van der Waals surface area (Å²) in [6.45, 7) is 0. The maximum absolute atomic E-state index is 12.5. The first-order chi connectivity index (χ1) is 12.6. The first-order valence-electron chi connectivity index (χ1n) is 8.73. The number of carbonyl (C=O) groups excluding carboxylic acids is 2. The van der Waals surface area contributed by atoms with Crippen molar-refractivity contribution < 1.29 is 9.59 Å². The molecule has 26 heavy (non-hydrogen) atoms. The van der Waals surface area contributed by atoms with Gasteiger partial charge in [-0.05, 0) is 59.5 Å². The fourth-order valence-electron chi connectivity index (χ4n) is 3.01. The number of nitrogens with one attached hydrogen (secondary N) is 2. The Morgan fingerprint density at radius 1 is 1.15 bits per heavy atom. The minimum atomic E-state index is -0.253. The summed E-state index contributed by atoms with van der Waals surface area (Å²) in [7, 11) is 0. The van der Waals surface area contributed by atoms with Crippen molar-refractivity contribution in [1.82, 2.24) is 5.32 Å². The predicted octanol–water partition coefficient (Wildman–Crippen LogP) is 5.12. The number of hydrogen-bond donors (Lipinski definition) is 2. The zero-order valence-corrected chi connectivity index (χ0v) is 15.9. The molecular formula is C20H21ClN2O2S. The smallest absolute Gasteiger partial charge is 0.253 e. The van der Waals surface area contributed by atoms with Crippen LogP contribution in [0.1, 0.15) is 48.0 Å². The minimum absolute atomic E-state index is 0.188. The Balaban J connectivity index is 1.64. The molecule has 3 rings (SSSR count). The average Bonchev–Trinajstić information content (AvgIpc) is 3.16. The molecule has 6 heteroatoms. The number of hydrogen-bond acceptors (Lipinski definition) is 3. The minimum Gasteiger partial charge on any atom is -0.349 e. The maximum Gasteiger partial charge on any atom is 0.253 e. The highest BCUT2D eigenvalue weighted by Gasteiger charge is 2.18. The van der Waals surface area contributed by atoms with E-state index in [1.807, 2.05) is 16.8 Å². The molecule has 4 nitrogen and oxygen atoms in total. The van der Waals surface area contributed by atoms with Crippen molar-refractivity contribution in [2.75, 3.05) is 5.32 Å². The van der Waals surface area contributed by atoms with Crippen molar-refractivity contribution in [1.29, 1.82) is 0 Å². The highest BCUT2D eigenvalue weighted by molar-refractivity contribution is 7.08. The molecule has 1 fully saturated rings. The molecule has 0 radical (unpaired) electrons. The van der Waals surface area contributed by atoms with E-state index in [0.717, 1.165) is 31.2 Å². The van der Waals surface area contributed by atoms with Crippen molar-refractivity contribution in [2.24, 2.45) is 0 Å². The Morgan fingerprint density at radius 3 is 2.69 bits per heavy atom. The molecule has 1 aliphatic carbocycles. The van der Waals surface area contributed by atoms with Gasteiger partial charge in [0.25, 0.3) is 5.91 Å². The van der Waals surface area contributed by atoms with Gasteiger partial charge in [0.2, 0.25) is 5.91 Å². The normalized spacial score (nSPS) is 15.1. The highest BCUT2D eigenvalue weighted by atomic mass is 35.5. The monoisotopic (exact) mass is 388 g/mol. The summed E-state index contributed by atoms with van der Waals surface area (Å²) in [5, 5.41) is 10.1. The molecule has 136 valence electrons. The lowest BCUT2D eigenvalue weighted by Gasteiger charge is -2.23. The molecule has 2 N–H and O–H groups in total. The first kappa shape index (κ1) is 18.7. The van der Waals surface area contributed by atoms with Crippen LogP contribution in [0.2, 0.25) is 5.02 Å². The molecule has 2 amide bonds. The van der Waals surface area contributed by atoms with Gasteiger partial charge in [0.15, 0.2) is 0 Å². The van der Waals surface area contributed by atoms with E-state index in [1.54, 1.807) is 35.6 Å². The topological polar surface area (TPSA) is 58.2 Å². The van der Waals surface area contributed by atoms with E-state index in [1.165, 1.54) is 12.5 Å². The molecule has 1 aliphatic rings. The third-order valence-electron chi connectivity index (χ3n) is 4.39. The van der Waals surface area contributed by atoms with Crippen molar-refractivity contribution in [3.8, 4) is 0 Å². The number of carbonyl (C=O) groups is 2. The van der Waals surface area contributed by atoms with Crippen LogP contribution in [0.3, 0.4) is 0 Å². The Kier molecular flexibility index (Phi) is 6.47. The van der Waals surface area contributed by atoms with Crippen LogP contribution >= 0.6 is 22.9 Å². The number of thiophene rings is 1. The number of anilines is 1. The number of amides is 2. The summed E-state index contributed by atoms with van der Waals surface area (Å²) in [4.78, 5) is 24.6. The molecule has 0 saturated heterocycles. The summed E-state index contributed by atoms with van der Waals surface area (Å²) in [6.07, 6.45) is 8.75. The van der Waals surface area contributed by atoms with Gasteiger partial charge in [-0.15, -0.1) is 0 Å². The summed E-state index contributed by atoms with van der Waals surface area (Å²) < 4.78 is 0. The van der Waals surface area contributed by atoms with E-state index in [2.05, 4.69) is 10.6 Å². The van der Waals surface area contributed by atoms with Gasteiger partial charge < -0.3 is 10.6 Å². The van der Waals surface area contributed by atoms with Crippen LogP contribution in [-0.2, 0) is 4.79 Å². The molecule has 1 heterocycles. The first-order valence-corrected chi connectivity index (χ1v) is 10.1. The van der Waals surface area contributed by atoms with E-state index in [9.17, 15) is 9.59 Å². The summed E-state index contributed by atoms with van der Waals surface area (Å²) in [5.74, 6) is -0.441. The van der Waals surface area contributed by atoms with Crippen LogP contribution in [0.4, 0.5) is 5.69 Å². The Hall–Kier alpha value is -2.11. The van der Waals surface area contributed by atoms with Crippen LogP contribution in [0.15, 0.2) is 41.1 Å². The molecular weight excluding hydrogens is 368 g/mol. The van der Waals surface area contributed by atoms with Crippen LogP contribution in [0.5, 0.6) is 0 Å². The van der Waals surface area contributed by atoms with Gasteiger partial charge in [0.05, 0.1) is 10.6 Å². The van der Waals surface area contributed by atoms with Gasteiger partial charge in [0, 0.05) is 17.8 Å². The second kappa shape index (κ2) is 9.01. The number of rotatable bonds is 5. The lowest BCUT2D eigenvalue weighted by Crippen LogP contribution is -2.36. The molecule has 0 bridgehead atoms. The number of halogens is 1. The summed E-state index contributed by atoms with van der Waals surface area (Å²) >= 11 is 7.76. The quantitative estimate of drug-likeness (QED) is 0.698. The molecule has 0 unspecified atom stereocenters. The van der Waals surface area contributed by atoms with Gasteiger partial charge >= 0.3 is 0 Å². The Labute approximate surface area is 162 Å². The maximum atomic E-state index is 12.5. The van der Waals surface area contributed by atoms with Gasteiger partial charge in [-0.2, -0.15) is 11.3 Å². The van der Waals surface area contributed by atoms with Crippen molar-refractivity contribution in [2.45, 2.75) is 38.1 Å². The standard InChI is InChI=1S/C20H21ClN2O2S/c21-18-8-7-16(22-19(24)9-6-14-10-11-26-13-14)12-17(18)20(25)23-15-4-2-1-3-5-15/h6-13,15H,1-5H2,(H,22,24)(H,23,25)/b9-6+. The number of benzene rings is 1. The fourth-order valence-corrected chi connectivity index (χ4v) is 3.84. The second-order valence-corrected chi connectivity index (χ2v) is 7.57. The fraction of sp³-hybridized carbons (Fsp3) is 0.300. The van der Waals surface area contributed by atoms with Crippen LogP contribution in [-0.4, -0.2) is 17.9 Å². The Bertz CT molecular complexity index is 796. The zero-order valence-electron chi connectivity index (χ0n) is 14.3. The van der Waals surface area contributed by atoms with Crippen LogP contribution < -0.4 is 10.6 Å². The van der Waals surface area contributed by atoms with E-state index < -0.39 is 0 Å². The van der Waals surface area contributed by atoms with Crippen LogP contribution in [0.25, 0.3) is 6.08 Å². The summed E-state index contributed by atoms with van der Waals surface area (Å²) in [5.41, 5.74) is 1.91. The highest BCUT2D eigenvalue weighted by Crippen LogP contribution is 2.23. The summed E-state index contributed by atoms with van der Waals surface area (Å²) in [6, 6.07) is 7.09. The lowest BCUT2D eigenvalue weighted by atomic mass is 9.95. The van der Waals surface area contributed by atoms with Gasteiger partial charge in [-0.3, -0.25) is 9.59 Å². The zero-order chi connectivity index (χ0) is 18.4. The van der Waals surface area contributed by atoms with E-state index in [-0.39, 0.29) is 17.9 Å². The van der Waals surface area contributed by atoms with E-state index in [4.69, 9.17) is 11.6 Å². The van der Waals surface area contributed by atoms with Gasteiger partial charge in [0.1, 0.15) is 0 Å². The largest absolute Gasteiger partial charge is 0.349 e. The van der Waals surface area contributed by atoms with Crippen molar-refractivity contribution >= 4 is 46.5 Å². The second-order valence-electron chi connectivity index (χ2n) is 6.38. The predicted molar refractivity (Wildman–Crippen MR) is 108 cm³/mol.